The van der Waals surface area contributed by atoms with Crippen LogP contribution < -0.4 is 0 Å². The van der Waals surface area contributed by atoms with Crippen molar-refractivity contribution in [3.8, 4) is 0 Å². The van der Waals surface area contributed by atoms with E-state index in [9.17, 15) is 30.7 Å². The first-order valence-electron chi connectivity index (χ1n) is 3.29. The normalized spacial score (nSPS) is 17.3. The van der Waals surface area contributed by atoms with Crippen LogP contribution in [0.3, 0.4) is 0 Å². The molecule has 0 saturated heterocycles. The van der Waals surface area contributed by atoms with E-state index in [1.807, 2.05) is 0 Å². The molecule has 1 atom stereocenters. The number of alkyl halides is 7. The van der Waals surface area contributed by atoms with Crippen molar-refractivity contribution in [2.75, 3.05) is 6.61 Å². The number of rotatable bonds is 4. The number of hydrogen-bond donors (Lipinski definition) is 0. The molecule has 0 spiro atoms. The van der Waals surface area contributed by atoms with Crippen molar-refractivity contribution in [1.82, 2.24) is 0 Å². The molecule has 0 amide bonds. The molecule has 0 fully saturated rings. The second-order valence-corrected chi connectivity index (χ2v) is 2.18. The molecule has 0 saturated carbocycles. The second kappa shape index (κ2) is 4.35. The third-order valence-corrected chi connectivity index (χ3v) is 0.972. The highest BCUT2D eigenvalue weighted by atomic mass is 19.4. The molecule has 90 valence electrons. The Labute approximate surface area is 79.3 Å². The Morgan fingerprint density at radius 3 is 1.73 bits per heavy atom. The molecule has 0 aliphatic carbocycles. The van der Waals surface area contributed by atoms with Gasteiger partial charge in [0.1, 0.15) is 0 Å². The Bertz CT molecular complexity index is 221. The first kappa shape index (κ1) is 14.2. The molecule has 0 aliphatic heterocycles. The Hall–Kier alpha value is -0.830. The van der Waals surface area contributed by atoms with Gasteiger partial charge in [0.2, 0.25) is 0 Å². The Morgan fingerprint density at radius 1 is 1.00 bits per heavy atom. The molecule has 0 aromatic rings. The van der Waals surface area contributed by atoms with Crippen molar-refractivity contribution < 1.29 is 40.2 Å². The minimum atomic E-state index is -5.97. The Kier molecular flexibility index (Phi) is 4.11. The molecule has 2 nitrogen and oxygen atoms in total. The molecule has 0 heterocycles. The summed E-state index contributed by atoms with van der Waals surface area (Å²) in [7, 11) is 0. The molecule has 0 rings (SSSR count). The summed E-state index contributed by atoms with van der Waals surface area (Å²) < 4.78 is 87.9. The summed E-state index contributed by atoms with van der Waals surface area (Å²) in [5.74, 6) is 0. The summed E-state index contributed by atoms with van der Waals surface area (Å²) in [5.41, 5.74) is 0. The van der Waals surface area contributed by atoms with E-state index in [2.05, 4.69) is 16.1 Å². The smallest absolute Gasteiger partial charge is 0.312 e. The Morgan fingerprint density at radius 2 is 1.47 bits per heavy atom. The molecule has 9 heteroatoms. The van der Waals surface area contributed by atoms with E-state index in [0.29, 0.717) is 6.08 Å². The van der Waals surface area contributed by atoms with Gasteiger partial charge in [-0.3, -0.25) is 0 Å². The fraction of sp³-hybridized carbons (Fsp3) is 0.667. The van der Waals surface area contributed by atoms with Crippen LogP contribution in [0, 0.1) is 0 Å². The van der Waals surface area contributed by atoms with Gasteiger partial charge in [-0.15, -0.1) is 19.8 Å². The van der Waals surface area contributed by atoms with E-state index in [-0.39, 0.29) is 0 Å². The molecule has 0 aromatic heterocycles. The molecule has 0 N–H and O–H groups in total. The van der Waals surface area contributed by atoms with Crippen LogP contribution in [0.1, 0.15) is 0 Å². The van der Waals surface area contributed by atoms with Crippen LogP contribution in [0.5, 0.6) is 0 Å². The van der Waals surface area contributed by atoms with Gasteiger partial charge < -0.3 is 4.74 Å². The predicted octanol–water partition coefficient (Wildman–Crippen LogP) is 2.91. The fourth-order valence-corrected chi connectivity index (χ4v) is 0.484. The van der Waals surface area contributed by atoms with Gasteiger partial charge in [0.25, 0.3) is 0 Å². The maximum Gasteiger partial charge on any atom is 0.527 e. The van der Waals surface area contributed by atoms with Gasteiger partial charge in [-0.05, 0) is 0 Å². The van der Waals surface area contributed by atoms with Gasteiger partial charge in [0.05, 0.1) is 6.61 Å². The summed E-state index contributed by atoms with van der Waals surface area (Å²) >= 11 is 0. The highest BCUT2D eigenvalue weighted by molar-refractivity contribution is 4.72. The van der Waals surface area contributed by atoms with Crippen molar-refractivity contribution in [1.29, 1.82) is 0 Å². The highest BCUT2D eigenvalue weighted by Crippen LogP contribution is 2.40. The average Bonchev–Trinajstić information content (AvgIpc) is 1.95. The van der Waals surface area contributed by atoms with E-state index < -0.39 is 25.2 Å². The molecular formula is C6H5F7O2. The van der Waals surface area contributed by atoms with Gasteiger partial charge in [-0.25, -0.2) is 4.74 Å². The lowest BCUT2D eigenvalue weighted by Crippen LogP contribution is -2.49. The zero-order valence-corrected chi connectivity index (χ0v) is 6.95. The lowest BCUT2D eigenvalue weighted by Gasteiger charge is -2.27. The van der Waals surface area contributed by atoms with E-state index in [0.717, 1.165) is 0 Å². The molecule has 1 unspecified atom stereocenters. The highest BCUT2D eigenvalue weighted by Gasteiger charge is 2.64. The van der Waals surface area contributed by atoms with Gasteiger partial charge in [0, 0.05) is 0 Å². The maximum atomic E-state index is 12.6. The molecule has 0 bridgehead atoms. The topological polar surface area (TPSA) is 18.5 Å². The standard InChI is InChI=1S/C6H5F7O2/c1-2-3-14-5(10,4(7,8)9)15-6(11,12)13/h2H,1,3H2. The van der Waals surface area contributed by atoms with E-state index in [4.69, 9.17) is 0 Å². The second-order valence-electron chi connectivity index (χ2n) is 2.18. The Balaban J connectivity index is 4.78. The van der Waals surface area contributed by atoms with Gasteiger partial charge in [0.15, 0.2) is 0 Å². The van der Waals surface area contributed by atoms with Crippen molar-refractivity contribution >= 4 is 0 Å². The summed E-state index contributed by atoms with van der Waals surface area (Å²) in [6, 6.07) is -5.22. The van der Waals surface area contributed by atoms with E-state index in [1.54, 1.807) is 0 Å². The quantitative estimate of drug-likeness (QED) is 0.428. The molecule has 15 heavy (non-hydrogen) atoms. The van der Waals surface area contributed by atoms with Crippen LogP contribution in [0.15, 0.2) is 12.7 Å². The lowest BCUT2D eigenvalue weighted by atomic mass is 10.5. The van der Waals surface area contributed by atoms with E-state index in [1.165, 1.54) is 0 Å². The zero-order chi connectivity index (χ0) is 12.3. The zero-order valence-electron chi connectivity index (χ0n) is 6.95. The van der Waals surface area contributed by atoms with Crippen molar-refractivity contribution in [3.63, 3.8) is 0 Å². The number of ether oxygens (including phenoxy) is 2. The summed E-state index contributed by atoms with van der Waals surface area (Å²) in [6.07, 6.45) is -11.1. The minimum Gasteiger partial charge on any atom is -0.312 e. The molecular weight excluding hydrogens is 237 g/mol. The number of hydrogen-bond acceptors (Lipinski definition) is 2. The van der Waals surface area contributed by atoms with Crippen LogP contribution in [0.25, 0.3) is 0 Å². The maximum absolute atomic E-state index is 12.6. The monoisotopic (exact) mass is 242 g/mol. The predicted molar refractivity (Wildman–Crippen MR) is 33.2 cm³/mol. The molecule has 0 aliphatic rings. The van der Waals surface area contributed by atoms with Crippen molar-refractivity contribution in [3.05, 3.63) is 12.7 Å². The van der Waals surface area contributed by atoms with Crippen LogP contribution in [-0.2, 0) is 9.47 Å². The van der Waals surface area contributed by atoms with Gasteiger partial charge in [-0.2, -0.15) is 17.6 Å². The van der Waals surface area contributed by atoms with Crippen LogP contribution >= 0.6 is 0 Å². The van der Waals surface area contributed by atoms with Crippen molar-refractivity contribution in [2.45, 2.75) is 18.6 Å². The first-order chi connectivity index (χ1) is 6.52. The summed E-state index contributed by atoms with van der Waals surface area (Å²) in [4.78, 5) is 0. The minimum absolute atomic E-state index is 0.639. The van der Waals surface area contributed by atoms with Crippen molar-refractivity contribution in [2.24, 2.45) is 0 Å². The third kappa shape index (κ3) is 4.47. The third-order valence-electron chi connectivity index (χ3n) is 0.972. The average molecular weight is 242 g/mol. The van der Waals surface area contributed by atoms with Crippen LogP contribution in [-0.4, -0.2) is 25.2 Å². The van der Waals surface area contributed by atoms with Crippen LogP contribution in [0.2, 0.25) is 0 Å². The van der Waals surface area contributed by atoms with Crippen LogP contribution in [0.4, 0.5) is 30.7 Å². The fourth-order valence-electron chi connectivity index (χ4n) is 0.484. The molecule has 0 radical (unpaired) electrons. The van der Waals surface area contributed by atoms with Gasteiger partial charge in [-0.1, -0.05) is 6.08 Å². The first-order valence-corrected chi connectivity index (χ1v) is 3.29. The summed E-state index contributed by atoms with van der Waals surface area (Å²) in [6.45, 7) is 1.76. The number of halogens is 7. The van der Waals surface area contributed by atoms with E-state index >= 15 is 0 Å². The molecule has 0 aromatic carbocycles. The largest absolute Gasteiger partial charge is 0.527 e. The van der Waals surface area contributed by atoms with Gasteiger partial charge >= 0.3 is 18.6 Å². The lowest BCUT2D eigenvalue weighted by molar-refractivity contribution is -0.514. The summed E-state index contributed by atoms with van der Waals surface area (Å²) in [5, 5.41) is 0. The SMILES string of the molecule is C=CCOC(F)(OC(F)(F)F)C(F)(F)F.